The SMILES string of the molecule is CCc1ccc(CNC(=NC)NCc2ccccc2N2CCOCC2)s1. The minimum absolute atomic E-state index is 0.748. The molecule has 0 amide bonds. The molecule has 0 saturated carbocycles. The zero-order valence-electron chi connectivity index (χ0n) is 15.6. The zero-order chi connectivity index (χ0) is 18.2. The van der Waals surface area contributed by atoms with E-state index in [9.17, 15) is 0 Å². The van der Waals surface area contributed by atoms with Gasteiger partial charge in [0, 0.05) is 42.1 Å². The number of benzene rings is 1. The monoisotopic (exact) mass is 372 g/mol. The summed E-state index contributed by atoms with van der Waals surface area (Å²) in [7, 11) is 1.81. The molecule has 0 bridgehead atoms. The van der Waals surface area contributed by atoms with Crippen molar-refractivity contribution in [3.05, 3.63) is 51.7 Å². The van der Waals surface area contributed by atoms with Crippen LogP contribution < -0.4 is 15.5 Å². The molecule has 0 aliphatic carbocycles. The van der Waals surface area contributed by atoms with Gasteiger partial charge >= 0.3 is 0 Å². The van der Waals surface area contributed by atoms with E-state index >= 15 is 0 Å². The van der Waals surface area contributed by atoms with Crippen molar-refractivity contribution >= 4 is 23.0 Å². The van der Waals surface area contributed by atoms with Crippen LogP contribution in [0.1, 0.15) is 22.2 Å². The van der Waals surface area contributed by atoms with Crippen LogP contribution in [-0.4, -0.2) is 39.3 Å². The number of hydrogen-bond acceptors (Lipinski definition) is 4. The van der Waals surface area contributed by atoms with Crippen LogP contribution in [0.4, 0.5) is 5.69 Å². The average Bonchev–Trinajstić information content (AvgIpc) is 3.17. The summed E-state index contributed by atoms with van der Waals surface area (Å²) < 4.78 is 5.48. The molecule has 140 valence electrons. The van der Waals surface area contributed by atoms with E-state index in [2.05, 4.69) is 63.8 Å². The molecular weight excluding hydrogens is 344 g/mol. The maximum atomic E-state index is 5.48. The summed E-state index contributed by atoms with van der Waals surface area (Å²) in [5.74, 6) is 0.827. The lowest BCUT2D eigenvalue weighted by Gasteiger charge is -2.30. The Morgan fingerprint density at radius 2 is 1.81 bits per heavy atom. The molecule has 0 radical (unpaired) electrons. The third kappa shape index (κ3) is 4.99. The second-order valence-corrected chi connectivity index (χ2v) is 7.48. The molecule has 26 heavy (non-hydrogen) atoms. The second-order valence-electron chi connectivity index (χ2n) is 6.23. The van der Waals surface area contributed by atoms with Gasteiger partial charge in [-0.05, 0) is 30.2 Å². The Morgan fingerprint density at radius 1 is 1.08 bits per heavy atom. The fraction of sp³-hybridized carbons (Fsp3) is 0.450. The molecule has 0 spiro atoms. The van der Waals surface area contributed by atoms with E-state index < -0.39 is 0 Å². The number of nitrogens with one attached hydrogen (secondary N) is 2. The molecule has 6 heteroatoms. The fourth-order valence-corrected chi connectivity index (χ4v) is 3.95. The van der Waals surface area contributed by atoms with Crippen LogP contribution in [0.25, 0.3) is 0 Å². The summed E-state index contributed by atoms with van der Waals surface area (Å²) in [6, 6.07) is 13.0. The minimum Gasteiger partial charge on any atom is -0.378 e. The van der Waals surface area contributed by atoms with Gasteiger partial charge in [0.15, 0.2) is 5.96 Å². The van der Waals surface area contributed by atoms with Crippen LogP contribution in [-0.2, 0) is 24.2 Å². The van der Waals surface area contributed by atoms with Crippen LogP contribution in [0.2, 0.25) is 0 Å². The number of nitrogens with zero attached hydrogens (tertiary/aromatic N) is 2. The van der Waals surface area contributed by atoms with E-state index in [0.717, 1.165) is 51.8 Å². The summed E-state index contributed by atoms with van der Waals surface area (Å²) in [4.78, 5) is 9.50. The Balaban J connectivity index is 1.56. The molecule has 1 fully saturated rings. The summed E-state index contributed by atoms with van der Waals surface area (Å²) >= 11 is 1.86. The van der Waals surface area contributed by atoms with Crippen molar-refractivity contribution in [3.8, 4) is 0 Å². The molecule has 1 aliphatic heterocycles. The predicted octanol–water partition coefficient (Wildman–Crippen LogP) is 3.01. The van der Waals surface area contributed by atoms with Gasteiger partial charge in [-0.1, -0.05) is 25.1 Å². The largest absolute Gasteiger partial charge is 0.378 e. The minimum atomic E-state index is 0.748. The Morgan fingerprint density at radius 3 is 2.54 bits per heavy atom. The highest BCUT2D eigenvalue weighted by Crippen LogP contribution is 2.21. The summed E-state index contributed by atoms with van der Waals surface area (Å²) in [6.07, 6.45) is 1.09. The first-order chi connectivity index (χ1) is 12.8. The van der Waals surface area contributed by atoms with Crippen molar-refractivity contribution in [2.45, 2.75) is 26.4 Å². The van der Waals surface area contributed by atoms with Crippen molar-refractivity contribution in [3.63, 3.8) is 0 Å². The fourth-order valence-electron chi connectivity index (χ4n) is 3.05. The first-order valence-corrected chi connectivity index (χ1v) is 10.0. The molecule has 0 atom stereocenters. The average molecular weight is 373 g/mol. The number of ether oxygens (including phenoxy) is 1. The Labute approximate surface area is 160 Å². The summed E-state index contributed by atoms with van der Waals surface area (Å²) in [5.41, 5.74) is 2.56. The van der Waals surface area contributed by atoms with E-state index in [1.54, 1.807) is 0 Å². The lowest BCUT2D eigenvalue weighted by atomic mass is 10.1. The Bertz CT molecular complexity index is 722. The highest BCUT2D eigenvalue weighted by molar-refractivity contribution is 7.11. The van der Waals surface area contributed by atoms with Crippen LogP contribution in [0, 0.1) is 0 Å². The van der Waals surface area contributed by atoms with Crippen molar-refractivity contribution < 1.29 is 4.74 Å². The number of morpholine rings is 1. The van der Waals surface area contributed by atoms with Crippen molar-refractivity contribution in [1.29, 1.82) is 0 Å². The van der Waals surface area contributed by atoms with Gasteiger partial charge in [0.1, 0.15) is 0 Å². The first-order valence-electron chi connectivity index (χ1n) is 9.23. The standard InChI is InChI=1S/C20H28N4OS/c1-3-17-8-9-18(26-17)15-23-20(21-2)22-14-16-6-4-5-7-19(16)24-10-12-25-13-11-24/h4-9H,3,10-15H2,1-2H3,(H2,21,22,23). The third-order valence-electron chi connectivity index (χ3n) is 4.51. The van der Waals surface area contributed by atoms with E-state index in [1.807, 2.05) is 18.4 Å². The highest BCUT2D eigenvalue weighted by atomic mass is 32.1. The van der Waals surface area contributed by atoms with Crippen LogP contribution >= 0.6 is 11.3 Å². The van der Waals surface area contributed by atoms with Crippen molar-refractivity contribution in [2.75, 3.05) is 38.3 Å². The van der Waals surface area contributed by atoms with Gasteiger partial charge in [-0.25, -0.2) is 0 Å². The number of guanidine groups is 1. The number of aliphatic imine (C=N–C) groups is 1. The van der Waals surface area contributed by atoms with E-state index in [0.29, 0.717) is 0 Å². The van der Waals surface area contributed by atoms with Gasteiger partial charge in [0.25, 0.3) is 0 Å². The maximum Gasteiger partial charge on any atom is 0.191 e. The first kappa shape index (κ1) is 18.7. The van der Waals surface area contributed by atoms with Crippen LogP contribution in [0.5, 0.6) is 0 Å². The Kier molecular flexibility index (Phi) is 6.91. The number of anilines is 1. The van der Waals surface area contributed by atoms with Crippen molar-refractivity contribution in [2.24, 2.45) is 4.99 Å². The van der Waals surface area contributed by atoms with Gasteiger partial charge in [0.05, 0.1) is 19.8 Å². The van der Waals surface area contributed by atoms with Crippen LogP contribution in [0.3, 0.4) is 0 Å². The molecular formula is C20H28N4OS. The number of para-hydroxylation sites is 1. The van der Waals surface area contributed by atoms with E-state index in [1.165, 1.54) is 21.0 Å². The van der Waals surface area contributed by atoms with Gasteiger partial charge in [-0.3, -0.25) is 4.99 Å². The molecule has 0 unspecified atom stereocenters. The van der Waals surface area contributed by atoms with Gasteiger partial charge < -0.3 is 20.3 Å². The van der Waals surface area contributed by atoms with E-state index in [-0.39, 0.29) is 0 Å². The highest BCUT2D eigenvalue weighted by Gasteiger charge is 2.14. The molecule has 1 aliphatic rings. The number of aryl methyl sites for hydroxylation is 1. The number of rotatable bonds is 6. The second kappa shape index (κ2) is 9.59. The molecule has 1 saturated heterocycles. The smallest absolute Gasteiger partial charge is 0.191 e. The third-order valence-corrected chi connectivity index (χ3v) is 5.74. The van der Waals surface area contributed by atoms with Gasteiger partial charge in [-0.2, -0.15) is 0 Å². The molecule has 1 aromatic carbocycles. The molecule has 2 aromatic rings. The Hall–Kier alpha value is -2.05. The van der Waals surface area contributed by atoms with Gasteiger partial charge in [0.2, 0.25) is 0 Å². The number of hydrogen-bond donors (Lipinski definition) is 2. The van der Waals surface area contributed by atoms with E-state index in [4.69, 9.17) is 4.74 Å². The summed E-state index contributed by atoms with van der Waals surface area (Å²) in [6.45, 7) is 7.23. The van der Waals surface area contributed by atoms with Crippen molar-refractivity contribution in [1.82, 2.24) is 10.6 Å². The molecule has 5 nitrogen and oxygen atoms in total. The predicted molar refractivity (Wildman–Crippen MR) is 110 cm³/mol. The summed E-state index contributed by atoms with van der Waals surface area (Å²) in [5, 5.41) is 6.85. The maximum absolute atomic E-state index is 5.48. The zero-order valence-corrected chi connectivity index (χ0v) is 16.4. The quantitative estimate of drug-likeness (QED) is 0.605. The molecule has 2 N–H and O–H groups in total. The molecule has 2 heterocycles. The normalized spacial score (nSPS) is 15.2. The topological polar surface area (TPSA) is 48.9 Å². The molecule has 3 rings (SSSR count). The molecule has 1 aromatic heterocycles. The lowest BCUT2D eigenvalue weighted by Crippen LogP contribution is -2.38. The number of thiophene rings is 1. The van der Waals surface area contributed by atoms with Crippen LogP contribution in [0.15, 0.2) is 41.4 Å². The van der Waals surface area contributed by atoms with Gasteiger partial charge in [-0.15, -0.1) is 11.3 Å². The lowest BCUT2D eigenvalue weighted by molar-refractivity contribution is 0.122.